The fourth-order valence-corrected chi connectivity index (χ4v) is 3.57. The van der Waals surface area contributed by atoms with E-state index >= 15 is 0 Å². The first-order valence-corrected chi connectivity index (χ1v) is 7.96. The third-order valence-electron chi connectivity index (χ3n) is 2.88. The molecule has 2 N–H and O–H groups in total. The molecule has 8 heteroatoms. The summed E-state index contributed by atoms with van der Waals surface area (Å²) in [6, 6.07) is 7.37. The second-order valence-electron chi connectivity index (χ2n) is 4.23. The van der Waals surface area contributed by atoms with Gasteiger partial charge in [0.2, 0.25) is 0 Å². The summed E-state index contributed by atoms with van der Waals surface area (Å²) in [5, 5.41) is 0. The van der Waals surface area contributed by atoms with Crippen LogP contribution in [-0.2, 0) is 10.0 Å². The Labute approximate surface area is 129 Å². The van der Waals surface area contributed by atoms with E-state index in [4.69, 9.17) is 5.73 Å². The van der Waals surface area contributed by atoms with Gasteiger partial charge in [-0.2, -0.15) is 0 Å². The van der Waals surface area contributed by atoms with Gasteiger partial charge in [-0.25, -0.2) is 17.2 Å². The number of halogens is 3. The molecule has 0 atom stereocenters. The van der Waals surface area contributed by atoms with Crippen molar-refractivity contribution < 1.29 is 17.2 Å². The Morgan fingerprint density at radius 2 is 1.76 bits per heavy atom. The molecule has 2 aromatic carbocycles. The number of hydrogen-bond donors (Lipinski definition) is 1. The molecule has 0 saturated heterocycles. The van der Waals surface area contributed by atoms with Crippen LogP contribution in [0.15, 0.2) is 45.8 Å². The Morgan fingerprint density at radius 1 is 1.14 bits per heavy atom. The second-order valence-corrected chi connectivity index (χ2v) is 7.02. The molecule has 2 rings (SSSR count). The van der Waals surface area contributed by atoms with Gasteiger partial charge in [0.15, 0.2) is 0 Å². The van der Waals surface area contributed by atoms with Crippen LogP contribution in [0.1, 0.15) is 0 Å². The second kappa shape index (κ2) is 5.61. The van der Waals surface area contributed by atoms with Gasteiger partial charge in [0, 0.05) is 7.05 Å². The summed E-state index contributed by atoms with van der Waals surface area (Å²) in [5.74, 6) is -1.37. The normalized spacial score (nSPS) is 11.4. The van der Waals surface area contributed by atoms with E-state index in [1.807, 2.05) is 0 Å². The number of para-hydroxylation sites is 1. The molecule has 0 aliphatic heterocycles. The maximum absolute atomic E-state index is 13.7. The van der Waals surface area contributed by atoms with Crippen LogP contribution in [0, 0.1) is 11.6 Å². The SMILES string of the molecule is CN(c1ccccc1F)S(=O)(=O)c1cc(Br)c(F)cc1N. The van der Waals surface area contributed by atoms with Gasteiger partial charge >= 0.3 is 0 Å². The van der Waals surface area contributed by atoms with Gasteiger partial charge in [0.1, 0.15) is 16.5 Å². The zero-order valence-corrected chi connectivity index (χ0v) is 13.2. The van der Waals surface area contributed by atoms with E-state index in [1.165, 1.54) is 25.2 Å². The van der Waals surface area contributed by atoms with Gasteiger partial charge in [-0.1, -0.05) is 12.1 Å². The van der Waals surface area contributed by atoms with E-state index in [2.05, 4.69) is 15.9 Å². The zero-order chi connectivity index (χ0) is 15.8. The molecular formula is C13H11BrF2N2O2S. The van der Waals surface area contributed by atoms with Gasteiger partial charge in [0.05, 0.1) is 15.8 Å². The average Bonchev–Trinajstić information content (AvgIpc) is 2.42. The molecule has 0 spiro atoms. The molecule has 0 radical (unpaired) electrons. The highest BCUT2D eigenvalue weighted by molar-refractivity contribution is 9.10. The molecule has 2 aromatic rings. The minimum absolute atomic E-state index is 0.0443. The zero-order valence-electron chi connectivity index (χ0n) is 10.8. The van der Waals surface area contributed by atoms with E-state index < -0.39 is 21.7 Å². The standard InChI is InChI=1S/C13H11BrF2N2O2S/c1-18(12-5-3-2-4-9(12)15)21(19,20)13-6-8(14)10(16)7-11(13)17/h2-7H,17H2,1H3. The summed E-state index contributed by atoms with van der Waals surface area (Å²) < 4.78 is 52.8. The molecule has 4 nitrogen and oxygen atoms in total. The van der Waals surface area contributed by atoms with Gasteiger partial charge in [0.25, 0.3) is 10.0 Å². The first-order chi connectivity index (χ1) is 9.75. The smallest absolute Gasteiger partial charge is 0.266 e. The number of nitrogens with zero attached hydrogens (tertiary/aromatic N) is 1. The Balaban J connectivity index is 2.58. The third-order valence-corrected chi connectivity index (χ3v) is 5.32. The predicted octanol–water partition coefficient (Wildman–Crippen LogP) is 3.13. The van der Waals surface area contributed by atoms with Crippen LogP contribution >= 0.6 is 15.9 Å². The largest absolute Gasteiger partial charge is 0.398 e. The maximum Gasteiger partial charge on any atom is 0.266 e. The van der Waals surface area contributed by atoms with Gasteiger partial charge in [-0.3, -0.25) is 4.31 Å². The van der Waals surface area contributed by atoms with Crippen molar-refractivity contribution in [1.29, 1.82) is 0 Å². The number of hydrogen-bond acceptors (Lipinski definition) is 3. The number of nitrogens with two attached hydrogens (primary N) is 1. The molecular weight excluding hydrogens is 366 g/mol. The van der Waals surface area contributed by atoms with Crippen LogP contribution in [0.5, 0.6) is 0 Å². The fourth-order valence-electron chi connectivity index (χ4n) is 1.75. The molecule has 0 aromatic heterocycles. The number of anilines is 2. The molecule has 112 valence electrons. The van der Waals surface area contributed by atoms with Crippen LogP contribution in [0.2, 0.25) is 0 Å². The molecule has 0 aliphatic rings. The molecule has 0 saturated carbocycles. The van der Waals surface area contributed by atoms with Crippen molar-refractivity contribution in [1.82, 2.24) is 0 Å². The van der Waals surface area contributed by atoms with Crippen molar-refractivity contribution in [2.75, 3.05) is 17.1 Å². The van der Waals surface area contributed by atoms with Crippen LogP contribution in [-0.4, -0.2) is 15.5 Å². The summed E-state index contributed by atoms with van der Waals surface area (Å²) in [4.78, 5) is -0.304. The number of nitrogen functional groups attached to an aromatic ring is 1. The lowest BCUT2D eigenvalue weighted by Crippen LogP contribution is -2.28. The summed E-state index contributed by atoms with van der Waals surface area (Å²) in [5.41, 5.74) is 5.19. The van der Waals surface area contributed by atoms with Gasteiger partial charge in [-0.15, -0.1) is 0 Å². The summed E-state index contributed by atoms with van der Waals surface area (Å²) in [6.45, 7) is 0. The van der Waals surface area contributed by atoms with Crippen molar-refractivity contribution in [2.24, 2.45) is 0 Å². The van der Waals surface area contributed by atoms with Gasteiger partial charge in [-0.05, 0) is 40.2 Å². The number of sulfonamides is 1. The molecule has 21 heavy (non-hydrogen) atoms. The topological polar surface area (TPSA) is 63.4 Å². The Morgan fingerprint density at radius 3 is 2.38 bits per heavy atom. The minimum atomic E-state index is -4.11. The number of rotatable bonds is 3. The molecule has 0 aliphatic carbocycles. The van der Waals surface area contributed by atoms with Crippen molar-refractivity contribution in [3.05, 3.63) is 52.5 Å². The summed E-state index contributed by atoms with van der Waals surface area (Å²) >= 11 is 2.90. The lowest BCUT2D eigenvalue weighted by atomic mass is 10.3. The highest BCUT2D eigenvalue weighted by Gasteiger charge is 2.26. The minimum Gasteiger partial charge on any atom is -0.398 e. The first kappa shape index (κ1) is 15.7. The molecule has 0 heterocycles. The predicted molar refractivity (Wildman–Crippen MR) is 80.5 cm³/mol. The molecule has 0 fully saturated rings. The average molecular weight is 377 g/mol. The first-order valence-electron chi connectivity index (χ1n) is 5.73. The van der Waals surface area contributed by atoms with Crippen molar-refractivity contribution in [3.8, 4) is 0 Å². The Bertz CT molecular complexity index is 797. The lowest BCUT2D eigenvalue weighted by molar-refractivity contribution is 0.588. The van der Waals surface area contributed by atoms with Crippen LogP contribution in [0.4, 0.5) is 20.2 Å². The van der Waals surface area contributed by atoms with Crippen LogP contribution < -0.4 is 10.0 Å². The highest BCUT2D eigenvalue weighted by atomic mass is 79.9. The van der Waals surface area contributed by atoms with Crippen LogP contribution in [0.25, 0.3) is 0 Å². The van der Waals surface area contributed by atoms with Gasteiger partial charge < -0.3 is 5.73 Å². The monoisotopic (exact) mass is 376 g/mol. The van der Waals surface area contributed by atoms with Crippen molar-refractivity contribution >= 4 is 37.3 Å². The quantitative estimate of drug-likeness (QED) is 0.836. The van der Waals surface area contributed by atoms with Crippen LogP contribution in [0.3, 0.4) is 0 Å². The molecule has 0 unspecified atom stereocenters. The lowest BCUT2D eigenvalue weighted by Gasteiger charge is -2.21. The van der Waals surface area contributed by atoms with E-state index in [0.717, 1.165) is 22.5 Å². The van der Waals surface area contributed by atoms with E-state index in [9.17, 15) is 17.2 Å². The van der Waals surface area contributed by atoms with E-state index in [0.29, 0.717) is 0 Å². The fraction of sp³-hybridized carbons (Fsp3) is 0.0769. The van der Waals surface area contributed by atoms with Crippen molar-refractivity contribution in [3.63, 3.8) is 0 Å². The van der Waals surface area contributed by atoms with E-state index in [1.54, 1.807) is 0 Å². The molecule has 0 amide bonds. The maximum atomic E-state index is 13.7. The number of benzene rings is 2. The Kier molecular flexibility index (Phi) is 4.20. The summed E-state index contributed by atoms with van der Waals surface area (Å²) in [7, 11) is -2.91. The van der Waals surface area contributed by atoms with Crippen molar-refractivity contribution in [2.45, 2.75) is 4.90 Å². The highest BCUT2D eigenvalue weighted by Crippen LogP contribution is 2.31. The van der Waals surface area contributed by atoms with E-state index in [-0.39, 0.29) is 20.7 Å². The summed E-state index contributed by atoms with van der Waals surface area (Å²) in [6.07, 6.45) is 0. The third kappa shape index (κ3) is 2.86. The molecule has 0 bridgehead atoms. The Hall–Kier alpha value is -1.67.